The second-order valence-corrected chi connectivity index (χ2v) is 4.66. The third-order valence-corrected chi connectivity index (χ3v) is 3.64. The average molecular weight is 194 g/mol. The molecule has 0 saturated carbocycles. The Bertz CT molecular complexity index is 204. The molecule has 0 spiro atoms. The second kappa shape index (κ2) is 4.45. The minimum absolute atomic E-state index is 0.711. The Morgan fingerprint density at radius 3 is 2.71 bits per heavy atom. The summed E-state index contributed by atoms with van der Waals surface area (Å²) in [5.41, 5.74) is 0. The van der Waals surface area contributed by atoms with E-state index in [2.05, 4.69) is 36.2 Å². The molecule has 0 aromatic heterocycles. The fourth-order valence-corrected chi connectivity index (χ4v) is 2.61. The Hall–Kier alpha value is -0.340. The van der Waals surface area contributed by atoms with Crippen molar-refractivity contribution in [1.82, 2.24) is 10.2 Å². The van der Waals surface area contributed by atoms with Crippen LogP contribution in [0.25, 0.3) is 0 Å². The maximum atomic E-state index is 3.61. The molecule has 0 amide bonds. The Labute approximate surface area is 87.4 Å². The van der Waals surface area contributed by atoms with Crippen molar-refractivity contribution >= 4 is 0 Å². The van der Waals surface area contributed by atoms with E-state index >= 15 is 0 Å². The number of hydrogen-bond donors (Lipinski definition) is 1. The number of rotatable bonds is 2. The minimum atomic E-state index is 0.711. The molecule has 80 valence electrons. The minimum Gasteiger partial charge on any atom is -0.311 e. The van der Waals surface area contributed by atoms with Gasteiger partial charge in [-0.15, -0.1) is 0 Å². The van der Waals surface area contributed by atoms with Crippen LogP contribution in [0.15, 0.2) is 12.2 Å². The Balaban J connectivity index is 1.93. The molecular weight excluding hydrogens is 172 g/mol. The van der Waals surface area contributed by atoms with Gasteiger partial charge in [0.25, 0.3) is 0 Å². The lowest BCUT2D eigenvalue weighted by molar-refractivity contribution is 0.0948. The summed E-state index contributed by atoms with van der Waals surface area (Å²) < 4.78 is 0. The smallest absolute Gasteiger partial charge is 0.0196 e. The molecule has 1 heterocycles. The monoisotopic (exact) mass is 194 g/mol. The third kappa shape index (κ3) is 2.01. The Kier molecular flexibility index (Phi) is 3.24. The van der Waals surface area contributed by atoms with Crippen LogP contribution >= 0.6 is 0 Å². The molecule has 0 radical (unpaired) electrons. The van der Waals surface area contributed by atoms with Gasteiger partial charge in [-0.05, 0) is 26.2 Å². The lowest BCUT2D eigenvalue weighted by Crippen LogP contribution is -2.57. The van der Waals surface area contributed by atoms with E-state index in [4.69, 9.17) is 0 Å². The van der Waals surface area contributed by atoms with Crippen molar-refractivity contribution in [2.24, 2.45) is 0 Å². The van der Waals surface area contributed by atoms with Gasteiger partial charge in [-0.1, -0.05) is 19.1 Å². The molecule has 2 heteroatoms. The van der Waals surface area contributed by atoms with Gasteiger partial charge in [-0.3, -0.25) is 4.90 Å². The molecule has 1 aliphatic heterocycles. The first kappa shape index (κ1) is 10.2. The first-order chi connectivity index (χ1) is 6.81. The number of hydrogen-bond acceptors (Lipinski definition) is 2. The predicted octanol–water partition coefficient (Wildman–Crippen LogP) is 1.78. The van der Waals surface area contributed by atoms with Crippen molar-refractivity contribution < 1.29 is 0 Å². The fourth-order valence-electron chi connectivity index (χ4n) is 2.61. The standard InChI is InChI=1S/C12H22N2/c1-3-11-9-14(10(2)8-13-11)12-6-4-5-7-12/h4-5,10-13H,3,6-9H2,1-2H3. The fraction of sp³-hybridized carbons (Fsp3) is 0.833. The first-order valence-electron chi connectivity index (χ1n) is 5.95. The highest BCUT2D eigenvalue weighted by molar-refractivity contribution is 5.01. The average Bonchev–Trinajstić information content (AvgIpc) is 2.71. The van der Waals surface area contributed by atoms with Crippen LogP contribution in [0, 0.1) is 0 Å². The van der Waals surface area contributed by atoms with Gasteiger partial charge >= 0.3 is 0 Å². The SMILES string of the molecule is CCC1CN(C2CC=CC2)C(C)CN1. The van der Waals surface area contributed by atoms with Crippen molar-refractivity contribution in [3.05, 3.63) is 12.2 Å². The van der Waals surface area contributed by atoms with Gasteiger partial charge in [0, 0.05) is 31.2 Å². The molecule has 2 atom stereocenters. The highest BCUT2D eigenvalue weighted by atomic mass is 15.2. The maximum Gasteiger partial charge on any atom is 0.0196 e. The van der Waals surface area contributed by atoms with Crippen molar-refractivity contribution in [2.75, 3.05) is 13.1 Å². The topological polar surface area (TPSA) is 15.3 Å². The van der Waals surface area contributed by atoms with E-state index in [1.165, 1.54) is 25.8 Å². The Morgan fingerprint density at radius 1 is 1.36 bits per heavy atom. The molecule has 1 N–H and O–H groups in total. The molecule has 1 fully saturated rings. The van der Waals surface area contributed by atoms with Gasteiger partial charge in [-0.25, -0.2) is 0 Å². The van der Waals surface area contributed by atoms with Crippen LogP contribution in [0.2, 0.25) is 0 Å². The highest BCUT2D eigenvalue weighted by Gasteiger charge is 2.29. The molecule has 0 aromatic carbocycles. The highest BCUT2D eigenvalue weighted by Crippen LogP contribution is 2.21. The van der Waals surface area contributed by atoms with Crippen molar-refractivity contribution in [1.29, 1.82) is 0 Å². The van der Waals surface area contributed by atoms with Crippen molar-refractivity contribution in [2.45, 2.75) is 51.2 Å². The third-order valence-electron chi connectivity index (χ3n) is 3.64. The molecule has 14 heavy (non-hydrogen) atoms. The van der Waals surface area contributed by atoms with Crippen LogP contribution < -0.4 is 5.32 Å². The summed E-state index contributed by atoms with van der Waals surface area (Å²) in [5, 5.41) is 3.61. The van der Waals surface area contributed by atoms with Gasteiger partial charge < -0.3 is 5.32 Å². The summed E-state index contributed by atoms with van der Waals surface area (Å²) in [4.78, 5) is 2.70. The zero-order valence-electron chi connectivity index (χ0n) is 9.37. The largest absolute Gasteiger partial charge is 0.311 e. The number of nitrogens with one attached hydrogen (secondary N) is 1. The number of piperazine rings is 1. The Morgan fingerprint density at radius 2 is 2.07 bits per heavy atom. The molecule has 2 unspecified atom stereocenters. The maximum absolute atomic E-state index is 3.61. The predicted molar refractivity (Wildman–Crippen MR) is 60.4 cm³/mol. The zero-order valence-corrected chi connectivity index (χ0v) is 9.37. The first-order valence-corrected chi connectivity index (χ1v) is 5.95. The van der Waals surface area contributed by atoms with Crippen LogP contribution in [-0.4, -0.2) is 36.1 Å². The van der Waals surface area contributed by atoms with E-state index < -0.39 is 0 Å². The van der Waals surface area contributed by atoms with E-state index in [1.807, 2.05) is 0 Å². The normalized spacial score (nSPS) is 35.3. The zero-order chi connectivity index (χ0) is 9.97. The van der Waals surface area contributed by atoms with Gasteiger partial charge in [0.05, 0.1) is 0 Å². The molecule has 2 nitrogen and oxygen atoms in total. The van der Waals surface area contributed by atoms with E-state index in [0.717, 1.165) is 12.6 Å². The van der Waals surface area contributed by atoms with Crippen LogP contribution in [0.1, 0.15) is 33.1 Å². The van der Waals surface area contributed by atoms with E-state index in [1.54, 1.807) is 0 Å². The molecule has 0 aromatic rings. The summed E-state index contributed by atoms with van der Waals surface area (Å²) in [6.45, 7) is 7.02. The van der Waals surface area contributed by atoms with Gasteiger partial charge in [0.15, 0.2) is 0 Å². The van der Waals surface area contributed by atoms with Crippen LogP contribution in [0.4, 0.5) is 0 Å². The lowest BCUT2D eigenvalue weighted by Gasteiger charge is -2.42. The molecule has 0 bridgehead atoms. The molecule has 2 rings (SSSR count). The summed E-state index contributed by atoms with van der Waals surface area (Å²) in [5.74, 6) is 0. The van der Waals surface area contributed by atoms with Gasteiger partial charge in [0.2, 0.25) is 0 Å². The summed E-state index contributed by atoms with van der Waals surface area (Å²) in [7, 11) is 0. The molecular formula is C12H22N2. The van der Waals surface area contributed by atoms with Crippen LogP contribution in [-0.2, 0) is 0 Å². The van der Waals surface area contributed by atoms with E-state index in [9.17, 15) is 0 Å². The van der Waals surface area contributed by atoms with E-state index in [-0.39, 0.29) is 0 Å². The molecule has 2 aliphatic rings. The van der Waals surface area contributed by atoms with Crippen LogP contribution in [0.3, 0.4) is 0 Å². The molecule has 1 aliphatic carbocycles. The van der Waals surface area contributed by atoms with Crippen molar-refractivity contribution in [3.8, 4) is 0 Å². The van der Waals surface area contributed by atoms with Gasteiger partial charge in [-0.2, -0.15) is 0 Å². The number of nitrogens with zero attached hydrogens (tertiary/aromatic N) is 1. The molecule has 1 saturated heterocycles. The van der Waals surface area contributed by atoms with Gasteiger partial charge in [0.1, 0.15) is 0 Å². The summed E-state index contributed by atoms with van der Waals surface area (Å²) in [6, 6.07) is 2.22. The summed E-state index contributed by atoms with van der Waals surface area (Å²) in [6.07, 6.45) is 8.45. The van der Waals surface area contributed by atoms with Crippen LogP contribution in [0.5, 0.6) is 0 Å². The quantitative estimate of drug-likeness (QED) is 0.674. The van der Waals surface area contributed by atoms with Crippen molar-refractivity contribution in [3.63, 3.8) is 0 Å². The summed E-state index contributed by atoms with van der Waals surface area (Å²) >= 11 is 0. The van der Waals surface area contributed by atoms with E-state index in [0.29, 0.717) is 12.1 Å². The second-order valence-electron chi connectivity index (χ2n) is 4.66. The lowest BCUT2D eigenvalue weighted by atomic mass is 10.0.